The van der Waals surface area contributed by atoms with Crippen molar-refractivity contribution in [3.63, 3.8) is 0 Å². The van der Waals surface area contributed by atoms with Crippen LogP contribution < -0.4 is 4.90 Å². The average Bonchev–Trinajstić information content (AvgIpc) is 3.27. The molecular formula is C18H19F2N3. The van der Waals surface area contributed by atoms with E-state index in [-0.39, 0.29) is 0 Å². The topological polar surface area (TPSA) is 29.0 Å². The Morgan fingerprint density at radius 2 is 1.78 bits per heavy atom. The molecule has 2 heterocycles. The van der Waals surface area contributed by atoms with Crippen LogP contribution in [0.2, 0.25) is 0 Å². The summed E-state index contributed by atoms with van der Waals surface area (Å²) in [6, 6.07) is 5.88. The van der Waals surface area contributed by atoms with Crippen molar-refractivity contribution in [2.45, 2.75) is 31.6 Å². The van der Waals surface area contributed by atoms with Crippen molar-refractivity contribution in [2.24, 2.45) is 5.92 Å². The second-order valence-corrected chi connectivity index (χ2v) is 6.66. The Morgan fingerprint density at radius 1 is 1.00 bits per heavy atom. The molecule has 5 heteroatoms. The summed E-state index contributed by atoms with van der Waals surface area (Å²) < 4.78 is 26.6. The molecule has 1 unspecified atom stereocenters. The first-order chi connectivity index (χ1) is 11.2. The minimum atomic E-state index is -0.500. The second kappa shape index (κ2) is 5.87. The monoisotopic (exact) mass is 315 g/mol. The van der Waals surface area contributed by atoms with Crippen molar-refractivity contribution in [1.82, 2.24) is 9.97 Å². The molecule has 2 aromatic rings. The van der Waals surface area contributed by atoms with Gasteiger partial charge in [0, 0.05) is 36.8 Å². The fourth-order valence-electron chi connectivity index (χ4n) is 3.41. The summed E-state index contributed by atoms with van der Waals surface area (Å²) in [5, 5.41) is 0. The Hall–Kier alpha value is -2.04. The lowest BCUT2D eigenvalue weighted by atomic mass is 9.98. The summed E-state index contributed by atoms with van der Waals surface area (Å²) in [7, 11) is 0. The number of hydrogen-bond acceptors (Lipinski definition) is 3. The Balaban J connectivity index is 1.43. The Morgan fingerprint density at radius 3 is 2.52 bits per heavy atom. The number of aromatic nitrogens is 2. The lowest BCUT2D eigenvalue weighted by molar-refractivity contribution is 0.558. The molecule has 1 saturated heterocycles. The van der Waals surface area contributed by atoms with Gasteiger partial charge in [0.05, 0.1) is 0 Å². The van der Waals surface area contributed by atoms with Gasteiger partial charge < -0.3 is 4.90 Å². The standard InChI is InChI=1S/C18H19F2N3/c19-15-6-13(7-16(20)8-15)5-12-3-4-23(10-12)18-9-17(14-1-2-14)21-11-22-18/h6-9,11-12,14H,1-5,10H2. The fourth-order valence-corrected chi connectivity index (χ4v) is 3.41. The molecule has 23 heavy (non-hydrogen) atoms. The fraction of sp³-hybridized carbons (Fsp3) is 0.444. The van der Waals surface area contributed by atoms with E-state index in [1.165, 1.54) is 25.0 Å². The van der Waals surface area contributed by atoms with Crippen LogP contribution >= 0.6 is 0 Å². The summed E-state index contributed by atoms with van der Waals surface area (Å²) >= 11 is 0. The van der Waals surface area contributed by atoms with Gasteiger partial charge in [-0.25, -0.2) is 18.7 Å². The zero-order valence-corrected chi connectivity index (χ0v) is 12.9. The largest absolute Gasteiger partial charge is 0.356 e. The van der Waals surface area contributed by atoms with Gasteiger partial charge in [0.2, 0.25) is 0 Å². The Labute approximate surface area is 134 Å². The predicted octanol–water partition coefficient (Wildman–Crippen LogP) is 3.70. The van der Waals surface area contributed by atoms with Crippen LogP contribution in [-0.2, 0) is 6.42 Å². The number of anilines is 1. The number of hydrogen-bond donors (Lipinski definition) is 0. The van der Waals surface area contributed by atoms with Crippen molar-refractivity contribution in [2.75, 3.05) is 18.0 Å². The lowest BCUT2D eigenvalue weighted by Crippen LogP contribution is -2.21. The molecular weight excluding hydrogens is 296 g/mol. The van der Waals surface area contributed by atoms with Gasteiger partial charge in [-0.2, -0.15) is 0 Å². The van der Waals surface area contributed by atoms with Crippen molar-refractivity contribution in [3.05, 3.63) is 53.5 Å². The normalized spacial score (nSPS) is 21.0. The smallest absolute Gasteiger partial charge is 0.132 e. The first kappa shape index (κ1) is 14.5. The van der Waals surface area contributed by atoms with Crippen LogP contribution in [0.15, 0.2) is 30.6 Å². The summed E-state index contributed by atoms with van der Waals surface area (Å²) in [6.07, 6.45) is 5.82. The van der Waals surface area contributed by atoms with E-state index < -0.39 is 11.6 Å². The van der Waals surface area contributed by atoms with E-state index in [4.69, 9.17) is 0 Å². The predicted molar refractivity (Wildman–Crippen MR) is 84.4 cm³/mol. The van der Waals surface area contributed by atoms with E-state index in [9.17, 15) is 8.78 Å². The van der Waals surface area contributed by atoms with Gasteiger partial charge in [0.25, 0.3) is 0 Å². The maximum Gasteiger partial charge on any atom is 0.132 e. The molecule has 1 atom stereocenters. The van der Waals surface area contributed by atoms with E-state index in [2.05, 4.69) is 20.9 Å². The minimum Gasteiger partial charge on any atom is -0.356 e. The van der Waals surface area contributed by atoms with Crippen LogP contribution in [0.25, 0.3) is 0 Å². The second-order valence-electron chi connectivity index (χ2n) is 6.66. The van der Waals surface area contributed by atoms with E-state index in [1.54, 1.807) is 6.33 Å². The molecule has 120 valence electrons. The van der Waals surface area contributed by atoms with Gasteiger partial charge in [-0.1, -0.05) is 0 Å². The van der Waals surface area contributed by atoms with Crippen molar-refractivity contribution < 1.29 is 8.78 Å². The molecule has 1 aromatic carbocycles. The van der Waals surface area contributed by atoms with Gasteiger partial charge in [-0.3, -0.25) is 0 Å². The first-order valence-electron chi connectivity index (χ1n) is 8.19. The third-order valence-electron chi connectivity index (χ3n) is 4.73. The molecule has 2 fully saturated rings. The zero-order valence-electron chi connectivity index (χ0n) is 12.9. The molecule has 4 rings (SSSR count). The van der Waals surface area contributed by atoms with Gasteiger partial charge in [0.15, 0.2) is 0 Å². The Kier molecular flexibility index (Phi) is 3.71. The number of halogens is 2. The lowest BCUT2D eigenvalue weighted by Gasteiger charge is -2.18. The molecule has 0 N–H and O–H groups in total. The average molecular weight is 315 g/mol. The van der Waals surface area contributed by atoms with Crippen molar-refractivity contribution >= 4 is 5.82 Å². The van der Waals surface area contributed by atoms with Gasteiger partial charge in [-0.15, -0.1) is 0 Å². The van der Waals surface area contributed by atoms with Crippen LogP contribution in [0.3, 0.4) is 0 Å². The number of nitrogens with zero attached hydrogens (tertiary/aromatic N) is 3. The van der Waals surface area contributed by atoms with Gasteiger partial charge >= 0.3 is 0 Å². The minimum absolute atomic E-state index is 0.399. The summed E-state index contributed by atoms with van der Waals surface area (Å²) in [6.45, 7) is 1.81. The quantitative estimate of drug-likeness (QED) is 0.861. The van der Waals surface area contributed by atoms with Crippen LogP contribution in [0.4, 0.5) is 14.6 Å². The van der Waals surface area contributed by atoms with Crippen molar-refractivity contribution in [1.29, 1.82) is 0 Å². The molecule has 1 aromatic heterocycles. The highest BCUT2D eigenvalue weighted by molar-refractivity contribution is 5.41. The van der Waals surface area contributed by atoms with Crippen LogP contribution in [0.5, 0.6) is 0 Å². The molecule has 0 spiro atoms. The Bertz CT molecular complexity index is 695. The molecule has 0 amide bonds. The molecule has 0 radical (unpaired) electrons. The highest BCUT2D eigenvalue weighted by Crippen LogP contribution is 2.39. The summed E-state index contributed by atoms with van der Waals surface area (Å²) in [4.78, 5) is 11.0. The first-order valence-corrected chi connectivity index (χ1v) is 8.19. The third kappa shape index (κ3) is 3.33. The summed E-state index contributed by atoms with van der Waals surface area (Å²) in [5.74, 6) is 0.996. The molecule has 1 aliphatic carbocycles. The van der Waals surface area contributed by atoms with Crippen LogP contribution in [0, 0.1) is 17.6 Å². The van der Waals surface area contributed by atoms with Crippen LogP contribution in [0.1, 0.15) is 36.4 Å². The third-order valence-corrected chi connectivity index (χ3v) is 4.73. The molecule has 3 nitrogen and oxygen atoms in total. The molecule has 0 bridgehead atoms. The highest BCUT2D eigenvalue weighted by atomic mass is 19.1. The SMILES string of the molecule is Fc1cc(F)cc(CC2CCN(c3cc(C4CC4)ncn3)C2)c1. The van der Waals surface area contributed by atoms with E-state index >= 15 is 0 Å². The zero-order chi connectivity index (χ0) is 15.8. The molecule has 2 aliphatic rings. The van der Waals surface area contributed by atoms with Gasteiger partial charge in [0.1, 0.15) is 23.8 Å². The van der Waals surface area contributed by atoms with E-state index in [0.717, 1.165) is 42.7 Å². The number of rotatable bonds is 4. The highest BCUT2D eigenvalue weighted by Gasteiger charge is 2.28. The van der Waals surface area contributed by atoms with Gasteiger partial charge in [-0.05, 0) is 49.3 Å². The van der Waals surface area contributed by atoms with Crippen molar-refractivity contribution in [3.8, 4) is 0 Å². The number of benzene rings is 1. The molecule has 1 aliphatic heterocycles. The molecule has 1 saturated carbocycles. The summed E-state index contributed by atoms with van der Waals surface area (Å²) in [5.41, 5.74) is 1.88. The van der Waals surface area contributed by atoms with E-state index in [1.807, 2.05) is 0 Å². The maximum atomic E-state index is 13.3. The van der Waals surface area contributed by atoms with Crippen LogP contribution in [-0.4, -0.2) is 23.1 Å². The van der Waals surface area contributed by atoms with E-state index in [0.29, 0.717) is 18.3 Å². The maximum absolute atomic E-state index is 13.3.